The van der Waals surface area contributed by atoms with E-state index in [9.17, 15) is 1.37 Å². The third-order valence-electron chi connectivity index (χ3n) is 9.46. The SMILES string of the molecule is [2H]C1(c2cc(C(C)C)c(-n3c(-c4cccc5c4oc4ccccc45)nc4ccccc43)c(C(C)C)c2)CCC(C)(C)CC1. The van der Waals surface area contributed by atoms with Gasteiger partial charge in [-0.05, 0) is 89.8 Å². The van der Waals surface area contributed by atoms with Crippen LogP contribution in [0, 0.1) is 5.41 Å². The van der Waals surface area contributed by atoms with E-state index in [4.69, 9.17) is 9.40 Å². The molecule has 0 saturated heterocycles. The van der Waals surface area contributed by atoms with E-state index in [0.717, 1.165) is 70.0 Å². The lowest BCUT2D eigenvalue weighted by molar-refractivity contribution is 0.224. The Morgan fingerprint density at radius 2 is 1.48 bits per heavy atom. The van der Waals surface area contributed by atoms with Crippen molar-refractivity contribution in [3.05, 3.63) is 95.6 Å². The number of rotatable bonds is 5. The van der Waals surface area contributed by atoms with Gasteiger partial charge < -0.3 is 4.42 Å². The van der Waals surface area contributed by atoms with Crippen molar-refractivity contribution in [3.8, 4) is 17.1 Å². The molecular formula is C39H42N2O. The van der Waals surface area contributed by atoms with Crippen LogP contribution < -0.4 is 0 Å². The number of aromatic nitrogens is 2. The number of imidazole rings is 1. The van der Waals surface area contributed by atoms with Crippen LogP contribution in [0.1, 0.15) is 103 Å². The van der Waals surface area contributed by atoms with Crippen LogP contribution in [0.25, 0.3) is 50.0 Å². The Bertz CT molecular complexity index is 1950. The summed E-state index contributed by atoms with van der Waals surface area (Å²) in [5.41, 5.74) is 10.0. The van der Waals surface area contributed by atoms with E-state index in [1.807, 2.05) is 12.1 Å². The molecule has 3 nitrogen and oxygen atoms in total. The molecule has 0 atom stereocenters. The van der Waals surface area contributed by atoms with Crippen molar-refractivity contribution in [1.29, 1.82) is 0 Å². The van der Waals surface area contributed by atoms with Gasteiger partial charge in [0, 0.05) is 12.1 Å². The van der Waals surface area contributed by atoms with Gasteiger partial charge >= 0.3 is 0 Å². The molecule has 0 N–H and O–H groups in total. The molecule has 1 aliphatic carbocycles. The van der Waals surface area contributed by atoms with Gasteiger partial charge in [0.1, 0.15) is 17.0 Å². The van der Waals surface area contributed by atoms with Crippen LogP contribution >= 0.6 is 0 Å². The van der Waals surface area contributed by atoms with Crippen molar-refractivity contribution < 1.29 is 5.79 Å². The molecule has 6 aromatic rings. The summed E-state index contributed by atoms with van der Waals surface area (Å²) in [6.45, 7) is 13.8. The molecule has 2 aromatic heterocycles. The normalized spacial score (nSPS) is 17.1. The minimum Gasteiger partial charge on any atom is -0.455 e. The molecule has 0 unspecified atom stereocenters. The summed E-state index contributed by atoms with van der Waals surface area (Å²) in [4.78, 5) is 5.29. The van der Waals surface area contributed by atoms with Gasteiger partial charge in [-0.15, -0.1) is 0 Å². The van der Waals surface area contributed by atoms with Crippen LogP contribution in [0.4, 0.5) is 0 Å². The van der Waals surface area contributed by atoms with Crippen LogP contribution in [-0.2, 0) is 0 Å². The fourth-order valence-corrected chi connectivity index (χ4v) is 6.90. The highest BCUT2D eigenvalue weighted by molar-refractivity contribution is 6.09. The lowest BCUT2D eigenvalue weighted by Crippen LogP contribution is -2.21. The fraction of sp³-hybridized carbons (Fsp3) is 0.359. The zero-order valence-corrected chi connectivity index (χ0v) is 25.8. The monoisotopic (exact) mass is 555 g/mol. The molecule has 42 heavy (non-hydrogen) atoms. The number of para-hydroxylation sites is 4. The smallest absolute Gasteiger partial charge is 0.149 e. The Hall–Kier alpha value is -3.85. The van der Waals surface area contributed by atoms with E-state index in [1.54, 1.807) is 0 Å². The van der Waals surface area contributed by atoms with Crippen LogP contribution in [0.3, 0.4) is 0 Å². The summed E-state index contributed by atoms with van der Waals surface area (Å²) >= 11 is 0. The van der Waals surface area contributed by atoms with Crippen molar-refractivity contribution in [2.45, 2.75) is 85.0 Å². The minimum absolute atomic E-state index is 0.270. The van der Waals surface area contributed by atoms with E-state index < -0.39 is 5.89 Å². The van der Waals surface area contributed by atoms with E-state index in [2.05, 4.69) is 113 Å². The second-order valence-electron chi connectivity index (χ2n) is 13.6. The first kappa shape index (κ1) is 25.8. The maximum absolute atomic E-state index is 9.68. The largest absolute Gasteiger partial charge is 0.455 e. The lowest BCUT2D eigenvalue weighted by Gasteiger charge is -2.35. The molecule has 7 rings (SSSR count). The highest BCUT2D eigenvalue weighted by Gasteiger charge is 2.30. The summed E-state index contributed by atoms with van der Waals surface area (Å²) in [7, 11) is 0. The van der Waals surface area contributed by atoms with E-state index in [-0.39, 0.29) is 11.8 Å². The molecule has 4 aromatic carbocycles. The lowest BCUT2D eigenvalue weighted by atomic mass is 9.70. The Balaban J connectivity index is 1.53. The highest BCUT2D eigenvalue weighted by atomic mass is 16.3. The zero-order valence-electron chi connectivity index (χ0n) is 26.8. The van der Waals surface area contributed by atoms with Crippen molar-refractivity contribution in [2.75, 3.05) is 0 Å². The number of fused-ring (bicyclic) bond motifs is 4. The molecule has 0 aliphatic heterocycles. The minimum atomic E-state index is -0.555. The number of hydrogen-bond donors (Lipinski definition) is 0. The fourth-order valence-electron chi connectivity index (χ4n) is 6.90. The maximum atomic E-state index is 9.68. The standard InChI is InChI=1S/C39H42N2O/c1-24(2)31-22-27(26-18-20-39(5,6)21-19-26)23-32(25(3)4)36(31)41-34-16-9-8-15-33(34)40-38(41)30-14-11-13-29-28-12-7-10-17-35(28)42-37(29)30/h7-17,22-26H,18-21H2,1-6H3/i26D. The van der Waals surface area contributed by atoms with Gasteiger partial charge in [-0.25, -0.2) is 4.98 Å². The molecule has 3 heteroatoms. The molecule has 0 radical (unpaired) electrons. The van der Waals surface area contributed by atoms with Crippen LogP contribution in [0.5, 0.6) is 0 Å². The van der Waals surface area contributed by atoms with Crippen molar-refractivity contribution in [3.63, 3.8) is 0 Å². The Labute approximate surface area is 251 Å². The Morgan fingerprint density at radius 1 is 0.833 bits per heavy atom. The second kappa shape index (κ2) is 10.2. The van der Waals surface area contributed by atoms with E-state index >= 15 is 0 Å². The summed E-state index contributed by atoms with van der Waals surface area (Å²) < 4.78 is 18.6. The molecule has 1 aliphatic rings. The van der Waals surface area contributed by atoms with E-state index in [0.29, 0.717) is 5.41 Å². The Morgan fingerprint density at radius 3 is 2.19 bits per heavy atom. The number of furan rings is 1. The van der Waals surface area contributed by atoms with Crippen LogP contribution in [0.2, 0.25) is 0 Å². The molecule has 0 bridgehead atoms. The quantitative estimate of drug-likeness (QED) is 0.212. The number of nitrogens with zero attached hydrogens (tertiary/aromatic N) is 2. The first-order valence-corrected chi connectivity index (χ1v) is 15.6. The summed E-state index contributed by atoms with van der Waals surface area (Å²) in [5, 5.41) is 2.22. The zero-order chi connectivity index (χ0) is 30.1. The highest BCUT2D eigenvalue weighted by Crippen LogP contribution is 2.46. The van der Waals surface area contributed by atoms with Gasteiger partial charge in [0.2, 0.25) is 0 Å². The van der Waals surface area contributed by atoms with Crippen molar-refractivity contribution >= 4 is 33.0 Å². The number of benzene rings is 4. The first-order valence-electron chi connectivity index (χ1n) is 16.1. The number of hydrogen-bond acceptors (Lipinski definition) is 2. The molecule has 0 amide bonds. The first-order chi connectivity index (χ1) is 20.6. The van der Waals surface area contributed by atoms with Crippen molar-refractivity contribution in [1.82, 2.24) is 9.55 Å². The van der Waals surface area contributed by atoms with Gasteiger partial charge in [0.25, 0.3) is 0 Å². The summed E-state index contributed by atoms with van der Waals surface area (Å²) in [6, 6.07) is 27.8. The third kappa shape index (κ3) is 4.45. The van der Waals surface area contributed by atoms with Gasteiger partial charge in [0.15, 0.2) is 0 Å². The molecule has 0 spiro atoms. The molecule has 2 heterocycles. The maximum Gasteiger partial charge on any atom is 0.149 e. The summed E-state index contributed by atoms with van der Waals surface area (Å²) in [6.07, 6.45) is 3.98. The van der Waals surface area contributed by atoms with Crippen LogP contribution in [-0.4, -0.2) is 9.55 Å². The van der Waals surface area contributed by atoms with Gasteiger partial charge in [-0.3, -0.25) is 4.57 Å². The third-order valence-corrected chi connectivity index (χ3v) is 9.46. The van der Waals surface area contributed by atoms with Crippen LogP contribution in [0.15, 0.2) is 83.3 Å². The summed E-state index contributed by atoms with van der Waals surface area (Å²) in [5.74, 6) is 0.877. The van der Waals surface area contributed by atoms with E-state index in [1.165, 1.54) is 22.4 Å². The predicted molar refractivity (Wildman–Crippen MR) is 177 cm³/mol. The van der Waals surface area contributed by atoms with Crippen molar-refractivity contribution in [2.24, 2.45) is 5.41 Å². The predicted octanol–water partition coefficient (Wildman–Crippen LogP) is 11.5. The topological polar surface area (TPSA) is 31.0 Å². The second-order valence-corrected chi connectivity index (χ2v) is 13.6. The van der Waals surface area contributed by atoms with Gasteiger partial charge in [-0.1, -0.05) is 96.1 Å². The molecule has 214 valence electrons. The molecule has 1 saturated carbocycles. The van der Waals surface area contributed by atoms with Gasteiger partial charge in [-0.2, -0.15) is 0 Å². The average Bonchev–Trinajstić information content (AvgIpc) is 3.56. The Kier molecular flexibility index (Phi) is 6.24. The molecule has 1 fully saturated rings. The average molecular weight is 556 g/mol. The molecular weight excluding hydrogens is 512 g/mol. The van der Waals surface area contributed by atoms with Gasteiger partial charge in [0.05, 0.1) is 22.3 Å².